The first-order valence-corrected chi connectivity index (χ1v) is 7.48. The molecule has 0 spiro atoms. The van der Waals surface area contributed by atoms with E-state index in [0.29, 0.717) is 11.0 Å². The average molecular weight is 283 g/mol. The summed E-state index contributed by atoms with van der Waals surface area (Å²) in [4.78, 5) is 13.8. The summed E-state index contributed by atoms with van der Waals surface area (Å²) < 4.78 is 0. The monoisotopic (exact) mass is 283 g/mol. The van der Waals surface area contributed by atoms with E-state index in [-0.39, 0.29) is 0 Å². The van der Waals surface area contributed by atoms with Crippen molar-refractivity contribution in [3.8, 4) is 0 Å². The van der Waals surface area contributed by atoms with Crippen molar-refractivity contribution in [2.45, 2.75) is 26.7 Å². The van der Waals surface area contributed by atoms with Gasteiger partial charge in [0.15, 0.2) is 0 Å². The van der Waals surface area contributed by atoms with Gasteiger partial charge in [0.05, 0.1) is 5.56 Å². The lowest BCUT2D eigenvalue weighted by molar-refractivity contribution is 0.0699. The van der Waals surface area contributed by atoms with E-state index in [1.807, 2.05) is 30.3 Å². The van der Waals surface area contributed by atoms with Crippen LogP contribution in [0.25, 0.3) is 10.8 Å². The molecule has 3 heteroatoms. The molecule has 3 nitrogen and oxygen atoms in total. The second kappa shape index (κ2) is 5.06. The lowest BCUT2D eigenvalue weighted by atomic mass is 9.82. The standard InChI is InChI=1S/C18H21NO2/c1-18(2)9-11-19(12-10-18)16-8-7-15(17(20)21)13-5-3-4-6-14(13)16/h3-8H,9-12H2,1-2H3,(H,20,21). The molecule has 0 aliphatic carbocycles. The predicted molar refractivity (Wildman–Crippen MR) is 86.1 cm³/mol. The van der Waals surface area contributed by atoms with Crippen molar-refractivity contribution in [1.82, 2.24) is 0 Å². The summed E-state index contributed by atoms with van der Waals surface area (Å²) in [6.07, 6.45) is 2.34. The minimum Gasteiger partial charge on any atom is -0.478 e. The molecule has 1 fully saturated rings. The van der Waals surface area contributed by atoms with Gasteiger partial charge in [-0.1, -0.05) is 38.1 Å². The highest BCUT2D eigenvalue weighted by atomic mass is 16.4. The fraction of sp³-hybridized carbons (Fsp3) is 0.389. The Bertz CT molecular complexity index is 681. The van der Waals surface area contributed by atoms with E-state index in [2.05, 4.69) is 18.7 Å². The van der Waals surface area contributed by atoms with E-state index >= 15 is 0 Å². The zero-order chi connectivity index (χ0) is 15.0. The van der Waals surface area contributed by atoms with Gasteiger partial charge < -0.3 is 10.0 Å². The number of anilines is 1. The summed E-state index contributed by atoms with van der Waals surface area (Å²) in [5, 5.41) is 11.2. The van der Waals surface area contributed by atoms with Gasteiger partial charge in [-0.2, -0.15) is 0 Å². The third kappa shape index (κ3) is 2.60. The number of hydrogen-bond acceptors (Lipinski definition) is 2. The maximum absolute atomic E-state index is 11.4. The largest absolute Gasteiger partial charge is 0.478 e. The number of aromatic carboxylic acids is 1. The summed E-state index contributed by atoms with van der Waals surface area (Å²) in [5.74, 6) is -0.863. The summed E-state index contributed by atoms with van der Waals surface area (Å²) in [6.45, 7) is 6.69. The third-order valence-corrected chi connectivity index (χ3v) is 4.59. The predicted octanol–water partition coefficient (Wildman–Crippen LogP) is 4.16. The number of nitrogens with zero attached hydrogens (tertiary/aromatic N) is 1. The molecule has 21 heavy (non-hydrogen) atoms. The van der Waals surface area contributed by atoms with Gasteiger partial charge in [0, 0.05) is 24.2 Å². The number of fused-ring (bicyclic) bond motifs is 1. The van der Waals surface area contributed by atoms with Crippen molar-refractivity contribution in [1.29, 1.82) is 0 Å². The quantitative estimate of drug-likeness (QED) is 0.899. The van der Waals surface area contributed by atoms with Gasteiger partial charge >= 0.3 is 5.97 Å². The molecule has 1 saturated heterocycles. The zero-order valence-corrected chi connectivity index (χ0v) is 12.6. The van der Waals surface area contributed by atoms with E-state index < -0.39 is 5.97 Å². The molecule has 0 unspecified atom stereocenters. The number of piperidine rings is 1. The molecule has 0 aromatic heterocycles. The molecule has 2 aromatic carbocycles. The van der Waals surface area contributed by atoms with Crippen LogP contribution < -0.4 is 4.90 Å². The Morgan fingerprint density at radius 2 is 1.67 bits per heavy atom. The summed E-state index contributed by atoms with van der Waals surface area (Å²) in [7, 11) is 0. The van der Waals surface area contributed by atoms with E-state index in [1.54, 1.807) is 6.07 Å². The van der Waals surface area contributed by atoms with Gasteiger partial charge in [-0.3, -0.25) is 0 Å². The van der Waals surface area contributed by atoms with Crippen LogP contribution in [0.3, 0.4) is 0 Å². The van der Waals surface area contributed by atoms with Gasteiger partial charge in [-0.05, 0) is 35.8 Å². The molecule has 1 heterocycles. The van der Waals surface area contributed by atoms with Gasteiger partial charge in [0.2, 0.25) is 0 Å². The van der Waals surface area contributed by atoms with Crippen molar-refractivity contribution in [2.75, 3.05) is 18.0 Å². The second-order valence-electron chi connectivity index (χ2n) is 6.63. The molecule has 0 saturated carbocycles. The lowest BCUT2D eigenvalue weighted by Crippen LogP contribution is -2.37. The first-order valence-electron chi connectivity index (χ1n) is 7.48. The first-order chi connectivity index (χ1) is 9.98. The van der Waals surface area contributed by atoms with Crippen molar-refractivity contribution in [2.24, 2.45) is 5.41 Å². The highest BCUT2D eigenvalue weighted by Gasteiger charge is 2.26. The molecular formula is C18H21NO2. The minimum atomic E-state index is -0.863. The molecule has 1 aliphatic heterocycles. The average Bonchev–Trinajstić information content (AvgIpc) is 2.46. The topological polar surface area (TPSA) is 40.5 Å². The van der Waals surface area contributed by atoms with Crippen molar-refractivity contribution in [3.63, 3.8) is 0 Å². The van der Waals surface area contributed by atoms with Crippen molar-refractivity contribution < 1.29 is 9.90 Å². The van der Waals surface area contributed by atoms with Gasteiger partial charge in [0.25, 0.3) is 0 Å². The van der Waals surface area contributed by atoms with E-state index in [0.717, 1.165) is 29.5 Å². The lowest BCUT2D eigenvalue weighted by Gasteiger charge is -2.38. The molecule has 0 bridgehead atoms. The normalized spacial score (nSPS) is 17.9. The van der Waals surface area contributed by atoms with E-state index in [9.17, 15) is 9.90 Å². The first kappa shape index (κ1) is 13.9. The zero-order valence-electron chi connectivity index (χ0n) is 12.6. The Balaban J connectivity index is 2.05. The van der Waals surface area contributed by atoms with E-state index in [4.69, 9.17) is 0 Å². The maximum Gasteiger partial charge on any atom is 0.336 e. The van der Waals surface area contributed by atoms with Gasteiger partial charge in [-0.25, -0.2) is 4.79 Å². The molecule has 0 atom stereocenters. The number of carbonyl (C=O) groups is 1. The van der Waals surface area contributed by atoms with Crippen LogP contribution in [0.1, 0.15) is 37.0 Å². The fourth-order valence-corrected chi connectivity index (χ4v) is 3.10. The Morgan fingerprint density at radius 3 is 2.29 bits per heavy atom. The molecule has 1 aliphatic rings. The molecule has 0 amide bonds. The Morgan fingerprint density at radius 1 is 1.05 bits per heavy atom. The summed E-state index contributed by atoms with van der Waals surface area (Å²) in [6, 6.07) is 11.5. The molecule has 2 aromatic rings. The Kier molecular flexibility index (Phi) is 3.36. The molecular weight excluding hydrogens is 262 g/mol. The molecule has 110 valence electrons. The summed E-state index contributed by atoms with van der Waals surface area (Å²) in [5.41, 5.74) is 1.95. The highest BCUT2D eigenvalue weighted by molar-refractivity contribution is 6.07. The second-order valence-corrected chi connectivity index (χ2v) is 6.63. The Hall–Kier alpha value is -2.03. The van der Waals surface area contributed by atoms with Crippen LogP contribution in [0.15, 0.2) is 36.4 Å². The molecule has 0 radical (unpaired) electrons. The van der Waals surface area contributed by atoms with E-state index in [1.165, 1.54) is 12.8 Å². The SMILES string of the molecule is CC1(C)CCN(c2ccc(C(=O)O)c3ccccc23)CC1. The number of carboxylic acid groups (broad SMARTS) is 1. The fourth-order valence-electron chi connectivity index (χ4n) is 3.10. The van der Waals surface area contributed by atoms with Crippen molar-refractivity contribution in [3.05, 3.63) is 42.0 Å². The third-order valence-electron chi connectivity index (χ3n) is 4.59. The van der Waals surface area contributed by atoms with Gasteiger partial charge in [-0.15, -0.1) is 0 Å². The number of carboxylic acids is 1. The number of benzene rings is 2. The smallest absolute Gasteiger partial charge is 0.336 e. The number of hydrogen-bond donors (Lipinski definition) is 1. The van der Waals surface area contributed by atoms with Crippen LogP contribution in [0.4, 0.5) is 5.69 Å². The van der Waals surface area contributed by atoms with Crippen LogP contribution in [-0.4, -0.2) is 24.2 Å². The summed E-state index contributed by atoms with van der Waals surface area (Å²) >= 11 is 0. The number of rotatable bonds is 2. The van der Waals surface area contributed by atoms with Crippen LogP contribution >= 0.6 is 0 Å². The maximum atomic E-state index is 11.4. The highest BCUT2D eigenvalue weighted by Crippen LogP contribution is 2.36. The van der Waals surface area contributed by atoms with Crippen LogP contribution in [-0.2, 0) is 0 Å². The van der Waals surface area contributed by atoms with Crippen LogP contribution in [0.5, 0.6) is 0 Å². The molecule has 1 N–H and O–H groups in total. The van der Waals surface area contributed by atoms with Crippen LogP contribution in [0.2, 0.25) is 0 Å². The minimum absolute atomic E-state index is 0.381. The van der Waals surface area contributed by atoms with Crippen LogP contribution in [0, 0.1) is 5.41 Å². The van der Waals surface area contributed by atoms with Gasteiger partial charge in [0.1, 0.15) is 0 Å². The Labute approximate surface area is 125 Å². The molecule has 3 rings (SSSR count). The van der Waals surface area contributed by atoms with Crippen molar-refractivity contribution >= 4 is 22.4 Å².